The third kappa shape index (κ3) is 4.57. The molecule has 27 heavy (non-hydrogen) atoms. The maximum atomic E-state index is 10.5. The highest BCUT2D eigenvalue weighted by Crippen LogP contribution is 2.37. The van der Waals surface area contributed by atoms with Crippen LogP contribution in [0.4, 0.5) is 5.95 Å². The molecular formula is C21H20ClN3O2. The first-order chi connectivity index (χ1) is 12.9. The third-order valence-electron chi connectivity index (χ3n) is 3.93. The van der Waals surface area contributed by atoms with Crippen LogP contribution in [-0.4, -0.2) is 21.7 Å². The summed E-state index contributed by atoms with van der Waals surface area (Å²) in [4.78, 5) is 8.43. The fraction of sp³-hybridized carbons (Fsp3) is 0.143. The van der Waals surface area contributed by atoms with Crippen molar-refractivity contribution in [2.24, 2.45) is 0 Å². The average Bonchev–Trinajstić information content (AvgIpc) is 2.62. The standard InChI is InChI=1S/C21H20ClN3O2/c1-13(2)9-10-27-16-7-8-17(19(26)11-16)20-18(12-24-21(23)25-20)14-3-5-15(22)6-4-14/h3-9,11-12,26H,10H2,1-2H3,(H2,23,24,25). The third-order valence-corrected chi connectivity index (χ3v) is 4.18. The van der Waals surface area contributed by atoms with Gasteiger partial charge in [-0.1, -0.05) is 29.3 Å². The Hall–Kier alpha value is -3.05. The van der Waals surface area contributed by atoms with E-state index in [-0.39, 0.29) is 11.7 Å². The topological polar surface area (TPSA) is 81.3 Å². The summed E-state index contributed by atoms with van der Waals surface area (Å²) in [6, 6.07) is 12.4. The van der Waals surface area contributed by atoms with Crippen LogP contribution in [0.3, 0.4) is 0 Å². The molecule has 0 unspecified atom stereocenters. The first kappa shape index (κ1) is 18.7. The van der Waals surface area contributed by atoms with E-state index >= 15 is 0 Å². The number of phenolic OH excluding ortho intramolecular Hbond substituents is 1. The second-order valence-electron chi connectivity index (χ2n) is 6.27. The number of ether oxygens (including phenoxy) is 1. The van der Waals surface area contributed by atoms with Gasteiger partial charge in [-0.25, -0.2) is 9.97 Å². The van der Waals surface area contributed by atoms with Crippen LogP contribution in [0.25, 0.3) is 22.4 Å². The molecule has 3 rings (SSSR count). The largest absolute Gasteiger partial charge is 0.507 e. The molecule has 3 N–H and O–H groups in total. The molecule has 0 atom stereocenters. The molecule has 1 heterocycles. The summed E-state index contributed by atoms with van der Waals surface area (Å²) in [5.41, 5.74) is 9.65. The number of allylic oxidation sites excluding steroid dienone is 1. The molecule has 5 nitrogen and oxygen atoms in total. The Kier molecular flexibility index (Phi) is 5.62. The van der Waals surface area contributed by atoms with Gasteiger partial charge in [0.15, 0.2) is 0 Å². The number of rotatable bonds is 5. The van der Waals surface area contributed by atoms with Gasteiger partial charge in [-0.2, -0.15) is 0 Å². The Balaban J connectivity index is 1.99. The van der Waals surface area contributed by atoms with Gasteiger partial charge in [0.1, 0.15) is 18.1 Å². The Bertz CT molecular complexity index is 981. The number of nitrogens with zero attached hydrogens (tertiary/aromatic N) is 2. The molecule has 0 amide bonds. The lowest BCUT2D eigenvalue weighted by molar-refractivity contribution is 0.359. The Morgan fingerprint density at radius 1 is 1.15 bits per heavy atom. The predicted octanol–water partition coefficient (Wildman–Crippen LogP) is 5.10. The minimum absolute atomic E-state index is 0.0537. The van der Waals surface area contributed by atoms with E-state index in [0.717, 1.165) is 11.1 Å². The number of phenols is 1. The van der Waals surface area contributed by atoms with Crippen molar-refractivity contribution in [2.45, 2.75) is 13.8 Å². The Labute approximate surface area is 163 Å². The number of nitrogen functional groups attached to an aromatic ring is 1. The SMILES string of the molecule is CC(C)=CCOc1ccc(-c2nc(N)ncc2-c2ccc(Cl)cc2)c(O)c1. The van der Waals surface area contributed by atoms with Gasteiger partial charge in [0.05, 0.1) is 5.69 Å². The van der Waals surface area contributed by atoms with Crippen molar-refractivity contribution in [3.63, 3.8) is 0 Å². The van der Waals surface area contributed by atoms with Crippen LogP contribution < -0.4 is 10.5 Å². The predicted molar refractivity (Wildman–Crippen MR) is 109 cm³/mol. The van der Waals surface area contributed by atoms with Crippen molar-refractivity contribution in [3.05, 3.63) is 65.3 Å². The number of hydrogen-bond acceptors (Lipinski definition) is 5. The van der Waals surface area contributed by atoms with E-state index in [0.29, 0.717) is 28.6 Å². The molecule has 0 spiro atoms. The van der Waals surface area contributed by atoms with Crippen LogP contribution in [0.1, 0.15) is 13.8 Å². The summed E-state index contributed by atoms with van der Waals surface area (Å²) < 4.78 is 5.63. The van der Waals surface area contributed by atoms with Gasteiger partial charge in [-0.15, -0.1) is 0 Å². The Morgan fingerprint density at radius 2 is 1.89 bits per heavy atom. The summed E-state index contributed by atoms with van der Waals surface area (Å²) in [5, 5.41) is 11.2. The number of benzene rings is 2. The Morgan fingerprint density at radius 3 is 2.56 bits per heavy atom. The molecule has 0 bridgehead atoms. The lowest BCUT2D eigenvalue weighted by Gasteiger charge is -2.12. The van der Waals surface area contributed by atoms with Crippen molar-refractivity contribution in [1.82, 2.24) is 9.97 Å². The minimum atomic E-state index is 0.0537. The lowest BCUT2D eigenvalue weighted by Crippen LogP contribution is -1.99. The highest BCUT2D eigenvalue weighted by molar-refractivity contribution is 6.30. The van der Waals surface area contributed by atoms with E-state index in [2.05, 4.69) is 9.97 Å². The van der Waals surface area contributed by atoms with Gasteiger partial charge >= 0.3 is 0 Å². The van der Waals surface area contributed by atoms with Crippen LogP contribution in [0.5, 0.6) is 11.5 Å². The molecule has 138 valence electrons. The monoisotopic (exact) mass is 381 g/mol. The molecule has 3 aromatic rings. The molecule has 0 aliphatic rings. The molecule has 0 aliphatic heterocycles. The zero-order valence-corrected chi connectivity index (χ0v) is 15.9. The normalized spacial score (nSPS) is 10.5. The van der Waals surface area contributed by atoms with Gasteiger partial charge in [0.2, 0.25) is 5.95 Å². The minimum Gasteiger partial charge on any atom is -0.507 e. The molecule has 1 aromatic heterocycles. The molecule has 6 heteroatoms. The van der Waals surface area contributed by atoms with Crippen LogP contribution in [0.2, 0.25) is 5.02 Å². The van der Waals surface area contributed by atoms with Crippen LogP contribution in [0.15, 0.2) is 60.3 Å². The van der Waals surface area contributed by atoms with Gasteiger partial charge in [0.25, 0.3) is 0 Å². The summed E-state index contributed by atoms with van der Waals surface area (Å²) in [5.74, 6) is 0.757. The van der Waals surface area contributed by atoms with Gasteiger partial charge in [0, 0.05) is 28.4 Å². The van der Waals surface area contributed by atoms with E-state index in [4.69, 9.17) is 22.1 Å². The zero-order valence-electron chi connectivity index (χ0n) is 15.1. The average molecular weight is 382 g/mol. The van der Waals surface area contributed by atoms with E-state index in [1.54, 1.807) is 36.5 Å². The summed E-state index contributed by atoms with van der Waals surface area (Å²) in [6.45, 7) is 4.45. The smallest absolute Gasteiger partial charge is 0.220 e. The van der Waals surface area contributed by atoms with E-state index in [1.165, 1.54) is 5.57 Å². The van der Waals surface area contributed by atoms with Crippen molar-refractivity contribution in [3.8, 4) is 33.9 Å². The van der Waals surface area contributed by atoms with E-state index in [1.807, 2.05) is 32.1 Å². The maximum Gasteiger partial charge on any atom is 0.220 e. The van der Waals surface area contributed by atoms with Gasteiger partial charge in [-0.05, 0) is 49.8 Å². The van der Waals surface area contributed by atoms with Crippen molar-refractivity contribution in [1.29, 1.82) is 0 Å². The highest BCUT2D eigenvalue weighted by atomic mass is 35.5. The maximum absolute atomic E-state index is 10.5. The van der Waals surface area contributed by atoms with Crippen molar-refractivity contribution >= 4 is 17.5 Å². The number of anilines is 1. The van der Waals surface area contributed by atoms with Crippen LogP contribution >= 0.6 is 11.6 Å². The molecule has 0 fully saturated rings. The van der Waals surface area contributed by atoms with E-state index < -0.39 is 0 Å². The molecular weight excluding hydrogens is 362 g/mol. The summed E-state index contributed by atoms with van der Waals surface area (Å²) in [6.07, 6.45) is 3.61. The van der Waals surface area contributed by atoms with Crippen molar-refractivity contribution in [2.75, 3.05) is 12.3 Å². The van der Waals surface area contributed by atoms with Crippen LogP contribution in [-0.2, 0) is 0 Å². The number of aromatic hydroxyl groups is 1. The number of aromatic nitrogens is 2. The fourth-order valence-electron chi connectivity index (χ4n) is 2.55. The first-order valence-corrected chi connectivity index (χ1v) is 8.80. The number of hydrogen-bond donors (Lipinski definition) is 2. The second-order valence-corrected chi connectivity index (χ2v) is 6.71. The fourth-order valence-corrected chi connectivity index (χ4v) is 2.67. The molecule has 0 saturated carbocycles. The van der Waals surface area contributed by atoms with E-state index in [9.17, 15) is 5.11 Å². The molecule has 2 aromatic carbocycles. The number of nitrogens with two attached hydrogens (primary N) is 1. The summed E-state index contributed by atoms with van der Waals surface area (Å²) in [7, 11) is 0. The quantitative estimate of drug-likeness (QED) is 0.601. The summed E-state index contributed by atoms with van der Waals surface area (Å²) >= 11 is 5.98. The molecule has 0 aliphatic carbocycles. The number of halogens is 1. The van der Waals surface area contributed by atoms with Crippen LogP contribution in [0, 0.1) is 0 Å². The second kappa shape index (κ2) is 8.10. The van der Waals surface area contributed by atoms with Gasteiger partial charge in [-0.3, -0.25) is 0 Å². The zero-order chi connectivity index (χ0) is 19.4. The molecule has 0 radical (unpaired) electrons. The lowest BCUT2D eigenvalue weighted by atomic mass is 10.00. The highest BCUT2D eigenvalue weighted by Gasteiger charge is 2.15. The van der Waals surface area contributed by atoms with Crippen molar-refractivity contribution < 1.29 is 9.84 Å². The first-order valence-electron chi connectivity index (χ1n) is 8.42. The van der Waals surface area contributed by atoms with Gasteiger partial charge < -0.3 is 15.6 Å². The molecule has 0 saturated heterocycles.